The molecule has 0 amide bonds. The first kappa shape index (κ1) is 7.62. The molecule has 1 aromatic carbocycles. The lowest BCUT2D eigenvalue weighted by atomic mass is 10.1. The Kier molecular flexibility index (Phi) is 2.76. The normalized spacial score (nSPS) is 9.80. The van der Waals surface area contributed by atoms with Crippen LogP contribution in [0, 0.1) is 6.92 Å². The van der Waals surface area contributed by atoms with Gasteiger partial charge in [0.25, 0.3) is 0 Å². The molecule has 0 fully saturated rings. The van der Waals surface area contributed by atoms with Gasteiger partial charge in [0.1, 0.15) is 0 Å². The van der Waals surface area contributed by atoms with Crippen molar-refractivity contribution < 1.29 is 0 Å². The van der Waals surface area contributed by atoms with E-state index in [2.05, 4.69) is 0 Å². The van der Waals surface area contributed by atoms with Crippen molar-refractivity contribution in [3.63, 3.8) is 0 Å². The summed E-state index contributed by atoms with van der Waals surface area (Å²) in [5.74, 6) is 0. The van der Waals surface area contributed by atoms with Crippen molar-refractivity contribution in [2.45, 2.75) is 12.8 Å². The first-order chi connectivity index (χ1) is 4.83. The predicted octanol–water partition coefficient (Wildman–Crippen LogP) is 2.98. The highest BCUT2D eigenvalue weighted by Gasteiger charge is 1.90. The van der Waals surface area contributed by atoms with Crippen molar-refractivity contribution in [3.05, 3.63) is 41.8 Å². The minimum atomic E-state index is 0.681. The summed E-state index contributed by atoms with van der Waals surface area (Å²) >= 11 is 5.74. The smallest absolute Gasteiger partial charge is 0.0408 e. The summed E-state index contributed by atoms with van der Waals surface area (Å²) in [6, 6.07) is 7.77. The monoisotopic (exact) mass is 152 g/mol. The average molecular weight is 153 g/mol. The maximum Gasteiger partial charge on any atom is 0.0408 e. The molecule has 0 heterocycles. The average Bonchev–Trinajstić information content (AvgIpc) is 1.88. The molecule has 0 aliphatic carbocycles. The van der Waals surface area contributed by atoms with Gasteiger partial charge in [-0.3, -0.25) is 0 Å². The van der Waals surface area contributed by atoms with Crippen molar-refractivity contribution in [2.24, 2.45) is 0 Å². The van der Waals surface area contributed by atoms with Gasteiger partial charge in [-0.25, -0.2) is 0 Å². The second-order valence-electron chi connectivity index (χ2n) is 2.17. The van der Waals surface area contributed by atoms with Crippen molar-refractivity contribution in [1.29, 1.82) is 0 Å². The van der Waals surface area contributed by atoms with Crippen molar-refractivity contribution >= 4 is 11.6 Å². The van der Waals surface area contributed by atoms with Gasteiger partial charge < -0.3 is 0 Å². The van der Waals surface area contributed by atoms with E-state index in [-0.39, 0.29) is 0 Å². The van der Waals surface area contributed by atoms with Crippen molar-refractivity contribution in [3.8, 4) is 0 Å². The van der Waals surface area contributed by atoms with Crippen LogP contribution in [0.3, 0.4) is 0 Å². The maximum atomic E-state index is 5.74. The van der Waals surface area contributed by atoms with Gasteiger partial charge in [0.15, 0.2) is 0 Å². The molecule has 0 spiro atoms. The van der Waals surface area contributed by atoms with Crippen LogP contribution < -0.4 is 0 Å². The minimum Gasteiger partial charge on any atom is -0.0843 e. The van der Waals surface area contributed by atoms with Crippen LogP contribution in [0.15, 0.2) is 24.3 Å². The van der Waals surface area contributed by atoms with Crippen molar-refractivity contribution in [2.75, 3.05) is 0 Å². The fraction of sp³-hybridized carbons (Fsp3) is 0.222. The van der Waals surface area contributed by atoms with Gasteiger partial charge in [-0.15, -0.1) is 0 Å². The largest absolute Gasteiger partial charge is 0.0843 e. The first-order valence-electron chi connectivity index (χ1n) is 3.27. The van der Waals surface area contributed by atoms with E-state index in [1.807, 2.05) is 24.3 Å². The number of hydrogen-bond donors (Lipinski definition) is 0. The Hall–Kier alpha value is -0.490. The highest BCUT2D eigenvalue weighted by atomic mass is 35.5. The number of hydrogen-bond acceptors (Lipinski definition) is 0. The minimum absolute atomic E-state index is 0.681. The van der Waals surface area contributed by atoms with Gasteiger partial charge in [-0.2, -0.15) is 0 Å². The van der Waals surface area contributed by atoms with Gasteiger partial charge in [0.2, 0.25) is 0 Å². The van der Waals surface area contributed by atoms with Gasteiger partial charge in [-0.05, 0) is 37.5 Å². The Labute approximate surface area is 66.8 Å². The number of benzene rings is 1. The molecule has 1 rings (SSSR count). The standard InChI is InChI=1S/C9H9Cl/c1-2-4-8-5-3-6-9(10)7-8/h1,3,5-7H,2,4H2. The molecule has 0 atom stereocenters. The zero-order valence-electron chi connectivity index (χ0n) is 5.68. The summed E-state index contributed by atoms with van der Waals surface area (Å²) in [6.07, 6.45) is 1.58. The Morgan fingerprint density at radius 2 is 2.20 bits per heavy atom. The Bertz CT molecular complexity index is 206. The van der Waals surface area contributed by atoms with E-state index in [9.17, 15) is 0 Å². The third-order valence-corrected chi connectivity index (χ3v) is 1.56. The fourth-order valence-electron chi connectivity index (χ4n) is 0.859. The lowest BCUT2D eigenvalue weighted by Crippen LogP contribution is -1.80. The summed E-state index contributed by atoms with van der Waals surface area (Å²) in [6.45, 7) is 5.37. The highest BCUT2D eigenvalue weighted by Crippen LogP contribution is 2.11. The van der Waals surface area contributed by atoms with Crippen LogP contribution in [0.5, 0.6) is 0 Å². The molecule has 0 saturated carbocycles. The van der Waals surface area contributed by atoms with Gasteiger partial charge in [0, 0.05) is 5.02 Å². The second-order valence-corrected chi connectivity index (χ2v) is 2.61. The van der Waals surface area contributed by atoms with E-state index in [0.29, 0.717) is 6.42 Å². The van der Waals surface area contributed by atoms with Crippen LogP contribution in [0.25, 0.3) is 0 Å². The fourth-order valence-corrected chi connectivity index (χ4v) is 1.07. The summed E-state index contributed by atoms with van der Waals surface area (Å²) < 4.78 is 0. The molecule has 0 bridgehead atoms. The Morgan fingerprint density at radius 3 is 2.80 bits per heavy atom. The SMILES string of the molecule is [CH]CCc1cccc(Cl)c1. The molecule has 0 aliphatic heterocycles. The molecule has 1 aromatic rings. The Morgan fingerprint density at radius 1 is 1.40 bits per heavy atom. The molecule has 2 radical (unpaired) electrons. The summed E-state index contributed by atoms with van der Waals surface area (Å²) in [5, 5.41) is 0.783. The molecular formula is C9H9Cl. The van der Waals surface area contributed by atoms with E-state index in [1.54, 1.807) is 0 Å². The van der Waals surface area contributed by atoms with E-state index in [1.165, 1.54) is 5.56 Å². The van der Waals surface area contributed by atoms with Gasteiger partial charge in [-0.1, -0.05) is 23.7 Å². The Balaban J connectivity index is 2.75. The van der Waals surface area contributed by atoms with Crippen LogP contribution in [0.1, 0.15) is 12.0 Å². The zero-order chi connectivity index (χ0) is 7.40. The van der Waals surface area contributed by atoms with Crippen LogP contribution in [0.2, 0.25) is 5.02 Å². The molecule has 0 aromatic heterocycles. The quantitative estimate of drug-likeness (QED) is 0.611. The molecule has 0 saturated heterocycles. The topological polar surface area (TPSA) is 0 Å². The van der Waals surface area contributed by atoms with Gasteiger partial charge >= 0.3 is 0 Å². The lowest BCUT2D eigenvalue weighted by Gasteiger charge is -1.96. The zero-order valence-corrected chi connectivity index (χ0v) is 6.43. The lowest BCUT2D eigenvalue weighted by molar-refractivity contribution is 1.000. The van der Waals surface area contributed by atoms with E-state index in [0.717, 1.165) is 11.4 Å². The summed E-state index contributed by atoms with van der Waals surface area (Å²) in [5.41, 5.74) is 1.20. The number of halogens is 1. The van der Waals surface area contributed by atoms with Crippen molar-refractivity contribution in [1.82, 2.24) is 0 Å². The third-order valence-electron chi connectivity index (χ3n) is 1.32. The van der Waals surface area contributed by atoms with Crippen LogP contribution in [-0.4, -0.2) is 0 Å². The number of aryl methyl sites for hydroxylation is 1. The second kappa shape index (κ2) is 3.62. The molecule has 0 unspecified atom stereocenters. The predicted molar refractivity (Wildman–Crippen MR) is 44.1 cm³/mol. The van der Waals surface area contributed by atoms with Crippen LogP contribution in [-0.2, 0) is 6.42 Å². The molecular weight excluding hydrogens is 144 g/mol. The van der Waals surface area contributed by atoms with E-state index in [4.69, 9.17) is 18.5 Å². The van der Waals surface area contributed by atoms with Gasteiger partial charge in [0.05, 0.1) is 0 Å². The molecule has 1 heteroatoms. The van der Waals surface area contributed by atoms with E-state index >= 15 is 0 Å². The first-order valence-corrected chi connectivity index (χ1v) is 3.65. The summed E-state index contributed by atoms with van der Waals surface area (Å²) in [7, 11) is 0. The van der Waals surface area contributed by atoms with Crippen LogP contribution in [0.4, 0.5) is 0 Å². The maximum absolute atomic E-state index is 5.74. The van der Waals surface area contributed by atoms with E-state index < -0.39 is 0 Å². The summed E-state index contributed by atoms with van der Waals surface area (Å²) in [4.78, 5) is 0. The molecule has 52 valence electrons. The number of rotatable bonds is 2. The molecule has 0 N–H and O–H groups in total. The highest BCUT2D eigenvalue weighted by molar-refractivity contribution is 6.30. The molecule has 0 nitrogen and oxygen atoms in total. The third kappa shape index (κ3) is 2.03. The molecule has 0 aliphatic rings. The van der Waals surface area contributed by atoms with Crippen LogP contribution >= 0.6 is 11.6 Å². The molecule has 10 heavy (non-hydrogen) atoms.